The molecule has 5 saturated heterocycles. The lowest BCUT2D eigenvalue weighted by molar-refractivity contribution is -0.391. The molecule has 31 nitrogen and oxygen atoms in total. The third kappa shape index (κ3) is 13.8. The molecule has 0 amide bonds. The van der Waals surface area contributed by atoms with E-state index in [9.17, 15) is 85.6 Å². The van der Waals surface area contributed by atoms with Crippen molar-refractivity contribution in [3.8, 4) is 5.75 Å². The molecule has 10 aliphatic rings. The van der Waals surface area contributed by atoms with Crippen LogP contribution < -0.4 is 4.74 Å². The first-order chi connectivity index (χ1) is 47.9. The van der Waals surface area contributed by atoms with Gasteiger partial charge in [0.2, 0.25) is 6.29 Å². The maximum absolute atomic E-state index is 16.0. The normalized spacial score (nSPS) is 48.5. The van der Waals surface area contributed by atoms with Crippen molar-refractivity contribution in [3.63, 3.8) is 0 Å². The molecule has 5 heterocycles. The first kappa shape index (κ1) is 78.3. The Morgan fingerprint density at radius 1 is 0.608 bits per heavy atom. The average Bonchev–Trinajstić information content (AvgIpc) is 0.669. The zero-order valence-corrected chi connectivity index (χ0v) is 58.8. The minimum absolute atomic E-state index is 0.0483. The van der Waals surface area contributed by atoms with Gasteiger partial charge in [0.25, 0.3) is 0 Å². The van der Waals surface area contributed by atoms with Crippen LogP contribution in [0.2, 0.25) is 0 Å². The maximum Gasteiger partial charge on any atom is 0.335 e. The van der Waals surface area contributed by atoms with Gasteiger partial charge in [-0.1, -0.05) is 65.3 Å². The number of hydrogen-bond donors (Lipinski definition) is 13. The van der Waals surface area contributed by atoms with Crippen molar-refractivity contribution in [2.24, 2.45) is 50.2 Å². The number of carboxylic acids is 1. The van der Waals surface area contributed by atoms with E-state index in [1.165, 1.54) is 27.0 Å². The number of benzene rings is 1. The summed E-state index contributed by atoms with van der Waals surface area (Å²) in [6.45, 7) is 14.8. The molecule has 0 spiro atoms. The largest absolute Gasteiger partial charge is 0.497 e. The molecule has 31 heteroatoms. The van der Waals surface area contributed by atoms with Crippen LogP contribution in [0.25, 0.3) is 6.08 Å². The van der Waals surface area contributed by atoms with Crippen LogP contribution in [0.1, 0.15) is 126 Å². The molecule has 102 heavy (non-hydrogen) atoms. The van der Waals surface area contributed by atoms with Gasteiger partial charge in [0.1, 0.15) is 96.8 Å². The van der Waals surface area contributed by atoms with E-state index in [0.29, 0.717) is 49.8 Å². The van der Waals surface area contributed by atoms with E-state index in [1.807, 2.05) is 0 Å². The summed E-state index contributed by atoms with van der Waals surface area (Å²) in [6, 6.07) is 6.78. The Kier molecular flexibility index (Phi) is 22.8. The fourth-order valence-electron chi connectivity index (χ4n) is 19.0. The highest BCUT2D eigenvalue weighted by atomic mass is 16.8. The minimum Gasteiger partial charge on any atom is -0.497 e. The number of ether oxygens (including phenoxy) is 13. The number of carbonyl (C=O) groups is 5. The summed E-state index contributed by atoms with van der Waals surface area (Å²) in [7, 11) is 1.51. The number of carboxylic acid groups (broad SMARTS) is 1. The lowest BCUT2D eigenvalue weighted by Gasteiger charge is -2.71. The van der Waals surface area contributed by atoms with Crippen molar-refractivity contribution in [1.82, 2.24) is 0 Å². The minimum atomic E-state index is -2.22. The van der Waals surface area contributed by atoms with Crippen LogP contribution in [0, 0.1) is 50.2 Å². The topological polar surface area (TPSA) is 468 Å². The Morgan fingerprint density at radius 3 is 1.87 bits per heavy atom. The summed E-state index contributed by atoms with van der Waals surface area (Å²) in [6.07, 6.45) is -37.4. The Hall–Kier alpha value is -4.79. The Balaban J connectivity index is 0.891. The molecule has 13 N–H and O–H groups in total. The zero-order chi connectivity index (χ0) is 74.4. The second-order valence-corrected chi connectivity index (χ2v) is 31.5. The number of fused-ring (bicyclic) bond motifs is 7. The van der Waals surface area contributed by atoms with Gasteiger partial charge in [-0.05, 0) is 135 Å². The molecule has 4 saturated carbocycles. The summed E-state index contributed by atoms with van der Waals surface area (Å²) in [4.78, 5) is 70.2. The van der Waals surface area contributed by atoms with Gasteiger partial charge >= 0.3 is 23.9 Å². The van der Waals surface area contributed by atoms with Gasteiger partial charge in [-0.15, -0.1) is 0 Å². The van der Waals surface area contributed by atoms with Crippen molar-refractivity contribution in [2.75, 3.05) is 20.3 Å². The highest BCUT2D eigenvalue weighted by Gasteiger charge is 2.73. The van der Waals surface area contributed by atoms with Gasteiger partial charge in [0.15, 0.2) is 49.6 Å². The van der Waals surface area contributed by atoms with Crippen molar-refractivity contribution < 1.29 is 152 Å². The van der Waals surface area contributed by atoms with Crippen molar-refractivity contribution in [3.05, 3.63) is 47.6 Å². The van der Waals surface area contributed by atoms with Crippen LogP contribution >= 0.6 is 0 Å². The van der Waals surface area contributed by atoms with E-state index in [0.717, 1.165) is 24.9 Å². The number of aliphatic carboxylic acids is 1. The fourth-order valence-corrected chi connectivity index (χ4v) is 19.0. The third-order valence-electron chi connectivity index (χ3n) is 25.1. The van der Waals surface area contributed by atoms with E-state index in [2.05, 4.69) is 40.7 Å². The molecule has 0 unspecified atom stereocenters. The van der Waals surface area contributed by atoms with Crippen LogP contribution in [-0.4, -0.2) is 277 Å². The number of aliphatic hydroxyl groups excluding tert-OH is 12. The molecule has 0 bridgehead atoms. The zero-order valence-electron chi connectivity index (χ0n) is 58.8. The van der Waals surface area contributed by atoms with Gasteiger partial charge in [0, 0.05) is 13.0 Å². The van der Waals surface area contributed by atoms with E-state index >= 15 is 4.79 Å². The molecule has 1 aromatic rings. The van der Waals surface area contributed by atoms with Gasteiger partial charge in [-0.2, -0.15) is 0 Å². The summed E-state index contributed by atoms with van der Waals surface area (Å²) < 4.78 is 78.7. The first-order valence-corrected chi connectivity index (χ1v) is 35.2. The molecule has 5 aliphatic heterocycles. The molecular formula is C71H102O31. The van der Waals surface area contributed by atoms with Gasteiger partial charge in [-0.25, -0.2) is 9.59 Å². The van der Waals surface area contributed by atoms with Crippen LogP contribution in [0.15, 0.2) is 42.0 Å². The quantitative estimate of drug-likeness (QED) is 0.0221. The van der Waals surface area contributed by atoms with Crippen molar-refractivity contribution in [2.45, 2.75) is 280 Å². The first-order valence-electron chi connectivity index (χ1n) is 35.2. The molecule has 11 rings (SSSR count). The Bertz CT molecular complexity index is 3240. The Morgan fingerprint density at radius 2 is 1.24 bits per heavy atom. The average molecular weight is 1450 g/mol. The predicted octanol–water partition coefficient (Wildman–Crippen LogP) is -0.431. The number of hydrogen-bond acceptors (Lipinski definition) is 30. The van der Waals surface area contributed by atoms with Crippen molar-refractivity contribution >= 4 is 36.2 Å². The molecule has 0 radical (unpaired) electrons. The van der Waals surface area contributed by atoms with Gasteiger partial charge in [-0.3, -0.25) is 9.59 Å². The van der Waals surface area contributed by atoms with Crippen LogP contribution in [-0.2, 0) is 80.8 Å². The highest BCUT2D eigenvalue weighted by molar-refractivity contribution is 5.87. The Labute approximate surface area is 589 Å². The summed E-state index contributed by atoms with van der Waals surface area (Å²) in [5, 5.41) is 144. The lowest BCUT2D eigenvalue weighted by Crippen LogP contribution is -2.69. The number of allylic oxidation sites excluding steroid dienone is 2. The van der Waals surface area contributed by atoms with Crippen LogP contribution in [0.3, 0.4) is 0 Å². The van der Waals surface area contributed by atoms with E-state index in [1.54, 1.807) is 31.2 Å². The summed E-state index contributed by atoms with van der Waals surface area (Å²) in [5.41, 5.74) is -4.17. The van der Waals surface area contributed by atoms with Crippen LogP contribution in [0.4, 0.5) is 0 Å². The number of methoxy groups -OCH3 is 1. The number of rotatable bonds is 18. The molecule has 1 aromatic carbocycles. The fraction of sp³-hybridized carbons (Fsp3) is 0.789. The number of aliphatic hydroxyl groups is 12. The van der Waals surface area contributed by atoms with E-state index < -0.39 is 241 Å². The van der Waals surface area contributed by atoms with E-state index in [4.69, 9.17) is 61.6 Å². The number of carbonyl (C=O) groups excluding carboxylic acids is 4. The second-order valence-electron chi connectivity index (χ2n) is 31.5. The highest BCUT2D eigenvalue weighted by Crippen LogP contribution is 2.76. The van der Waals surface area contributed by atoms with E-state index in [-0.39, 0.29) is 25.2 Å². The molecular weight excluding hydrogens is 1350 g/mol. The van der Waals surface area contributed by atoms with Crippen molar-refractivity contribution in [1.29, 1.82) is 0 Å². The lowest BCUT2D eigenvalue weighted by atomic mass is 9.33. The molecule has 5 aliphatic carbocycles. The van der Waals surface area contributed by atoms with Gasteiger partial charge < -0.3 is 133 Å². The van der Waals surface area contributed by atoms with Crippen LogP contribution in [0.5, 0.6) is 5.75 Å². The SMILES string of the molecule is COc1ccc(C=CC(=O)O[C@@H]2[C@H](OC(C)=O)[C@@H](O[C@H]3O[C@H](C)[C@H](O)[C@@H](O)[C@H]3O)[C@H](OC(=O)[C@]34CCC(C)(C)C[C@H]3C3=CC[C@@H]5[C@]6(C)CC[C@@H](O[C@H]7O[C@@H](C(=O)O)[C@@H](O)[C@H](O[C@H]8OC[C@H](O)[C@H](O)[C@@H]8O)[C@@H]7O[C@@H]7O[C@@H](CO)[C@H](O)[C@H](O)[C@@H]7O)[C@](C)(C=O)[C@@H]6CC[C@@]5(C)[C@@]3(C)C[C@H]4O)O[C@@H]2C)cc1. The second kappa shape index (κ2) is 29.8. The number of aldehydes is 1. The maximum atomic E-state index is 16.0. The van der Waals surface area contributed by atoms with Gasteiger partial charge in [0.05, 0.1) is 50.2 Å². The smallest absolute Gasteiger partial charge is 0.335 e. The monoisotopic (exact) mass is 1450 g/mol. The predicted molar refractivity (Wildman–Crippen MR) is 344 cm³/mol. The molecule has 0 aromatic heterocycles. The molecule has 34 atom stereocenters. The summed E-state index contributed by atoms with van der Waals surface area (Å²) >= 11 is 0. The standard InChI is InChI=1S/C71H102O31/c1-30-44(78)47(81)50(84)61(92-30)101-58-56(94-32(3)74)53(97-43(77)18-13-33-11-14-34(90-10)15-12-33)31(2)93-63(58)102-65(89)71-24-23-66(4,5)25-36(71)35-16-17-40-67(6)21-20-42(68(7,29-73)39(67)19-22-69(40,8)70(35,9)26-41(71)76)96-64-57(100-62-51(85)48(82)46(80)38(27-72)95-62)54(52(86)55(99-64)59(87)88)98-60-49(83)45(79)37(75)28-91-60/h11-16,18,29-31,36-42,44-58,60-64,72,75-76,78-86H,17,19-28H2,1-10H3,(H,87,88)/t30-,31-,36+,37+,38+,39-,40-,41-,42-,44+,45+,46+,47-,48+,49+,50-,51+,52+,53+,54+,55-,56+,57+,58-,60-,61-,62+,63+,64+,67-,68-,69-,70+,71-/m1/s1. The number of esters is 3. The third-order valence-corrected chi connectivity index (χ3v) is 25.1. The summed E-state index contributed by atoms with van der Waals surface area (Å²) in [5.74, 6) is -5.21. The molecule has 572 valence electrons. The molecule has 9 fully saturated rings.